The maximum atomic E-state index is 12.2. The van der Waals surface area contributed by atoms with Gasteiger partial charge >= 0.3 is 6.03 Å². The molecule has 4 amide bonds. The zero-order valence-electron chi connectivity index (χ0n) is 10.5. The predicted molar refractivity (Wildman–Crippen MR) is 64.9 cm³/mol. The molecule has 1 aliphatic heterocycles. The van der Waals surface area contributed by atoms with Crippen LogP contribution in [0.5, 0.6) is 0 Å². The van der Waals surface area contributed by atoms with E-state index in [-0.39, 0.29) is 18.2 Å². The number of amides is 4. The van der Waals surface area contributed by atoms with E-state index in [0.717, 1.165) is 5.56 Å². The molecule has 1 fully saturated rings. The van der Waals surface area contributed by atoms with Gasteiger partial charge in [0.1, 0.15) is 6.04 Å². The fourth-order valence-corrected chi connectivity index (χ4v) is 1.92. The molecule has 2 N–H and O–H groups in total. The Morgan fingerprint density at radius 1 is 1.53 bits per heavy atom. The van der Waals surface area contributed by atoms with E-state index in [1.807, 2.05) is 0 Å². The molecule has 1 aliphatic rings. The molecule has 0 spiro atoms. The summed E-state index contributed by atoms with van der Waals surface area (Å²) in [5.74, 6) is -0.601. The Kier molecular flexibility index (Phi) is 3.84. The van der Waals surface area contributed by atoms with Gasteiger partial charge in [0.15, 0.2) is 0 Å². The van der Waals surface area contributed by atoms with E-state index in [2.05, 4.69) is 10.6 Å². The number of likely N-dealkylation sites (N-methyl/N-ethyl adjacent to an activating group) is 1. The number of hydrogen-bond donors (Lipinski definition) is 2. The van der Waals surface area contributed by atoms with Crippen LogP contribution in [0.2, 0.25) is 0 Å². The molecule has 2 heterocycles. The van der Waals surface area contributed by atoms with E-state index in [9.17, 15) is 14.4 Å². The Bertz CT molecular complexity index is 483. The van der Waals surface area contributed by atoms with Gasteiger partial charge in [-0.2, -0.15) is 0 Å². The van der Waals surface area contributed by atoms with E-state index >= 15 is 0 Å². The third kappa shape index (κ3) is 3.34. The number of imide groups is 1. The minimum atomic E-state index is -0.677. The van der Waals surface area contributed by atoms with Crippen LogP contribution in [0, 0.1) is 0 Å². The van der Waals surface area contributed by atoms with Crippen molar-refractivity contribution >= 4 is 17.8 Å². The molecule has 2 rings (SSSR count). The number of carbonyl (C=O) groups is 3. The van der Waals surface area contributed by atoms with Gasteiger partial charge in [-0.3, -0.25) is 14.9 Å². The quantitative estimate of drug-likeness (QED) is 0.818. The molecule has 0 aromatic carbocycles. The van der Waals surface area contributed by atoms with Crippen LogP contribution in [0.25, 0.3) is 0 Å². The summed E-state index contributed by atoms with van der Waals surface area (Å²) in [7, 11) is 1.64. The highest BCUT2D eigenvalue weighted by Gasteiger charge is 2.28. The molecule has 0 saturated carbocycles. The van der Waals surface area contributed by atoms with Gasteiger partial charge in [-0.15, -0.1) is 0 Å². The number of nitrogens with one attached hydrogen (secondary N) is 2. The molecule has 0 unspecified atom stereocenters. The van der Waals surface area contributed by atoms with Crippen LogP contribution >= 0.6 is 0 Å². The van der Waals surface area contributed by atoms with Crippen molar-refractivity contribution in [3.8, 4) is 0 Å². The van der Waals surface area contributed by atoms with Crippen molar-refractivity contribution in [1.82, 2.24) is 15.5 Å². The van der Waals surface area contributed by atoms with Gasteiger partial charge in [-0.25, -0.2) is 4.79 Å². The van der Waals surface area contributed by atoms with Gasteiger partial charge < -0.3 is 14.6 Å². The lowest BCUT2D eigenvalue weighted by atomic mass is 10.1. The third-order valence-electron chi connectivity index (χ3n) is 2.89. The molecule has 7 nitrogen and oxygen atoms in total. The minimum Gasteiger partial charge on any atom is -0.472 e. The number of carbonyl (C=O) groups excluding carboxylic acids is 3. The van der Waals surface area contributed by atoms with E-state index in [1.165, 1.54) is 11.2 Å². The normalized spacial score (nSPS) is 19.3. The fourth-order valence-electron chi connectivity index (χ4n) is 1.92. The van der Waals surface area contributed by atoms with Crippen LogP contribution in [-0.2, 0) is 16.1 Å². The lowest BCUT2D eigenvalue weighted by Gasteiger charge is -2.22. The second kappa shape index (κ2) is 5.55. The molecule has 19 heavy (non-hydrogen) atoms. The molecule has 1 atom stereocenters. The molecule has 1 aromatic rings. The number of rotatable bonds is 3. The third-order valence-corrected chi connectivity index (χ3v) is 2.89. The van der Waals surface area contributed by atoms with Crippen LogP contribution in [0.15, 0.2) is 23.0 Å². The van der Waals surface area contributed by atoms with Crippen molar-refractivity contribution in [2.24, 2.45) is 0 Å². The SMILES string of the molecule is CN(Cc1ccoc1)C(=O)[C@H]1CCC(=O)NC(=O)N1. The standard InChI is InChI=1S/C12H15N3O4/c1-15(6-8-4-5-19-7-8)11(17)9-2-3-10(16)14-12(18)13-9/h4-5,7,9H,2-3,6H2,1H3,(H2,13,14,16,18)/t9-/m1/s1. The van der Waals surface area contributed by atoms with Crippen molar-refractivity contribution < 1.29 is 18.8 Å². The summed E-state index contributed by atoms with van der Waals surface area (Å²) in [6.45, 7) is 0.392. The summed E-state index contributed by atoms with van der Waals surface area (Å²) in [4.78, 5) is 36.2. The summed E-state index contributed by atoms with van der Waals surface area (Å²) in [5, 5.41) is 4.62. The van der Waals surface area contributed by atoms with Crippen LogP contribution < -0.4 is 10.6 Å². The van der Waals surface area contributed by atoms with Gasteiger partial charge in [0.2, 0.25) is 11.8 Å². The first-order chi connectivity index (χ1) is 9.06. The number of hydrogen-bond acceptors (Lipinski definition) is 4. The first-order valence-corrected chi connectivity index (χ1v) is 5.92. The van der Waals surface area contributed by atoms with Gasteiger partial charge in [-0.1, -0.05) is 0 Å². The van der Waals surface area contributed by atoms with E-state index in [1.54, 1.807) is 19.4 Å². The van der Waals surface area contributed by atoms with Crippen molar-refractivity contribution in [2.45, 2.75) is 25.4 Å². The first-order valence-electron chi connectivity index (χ1n) is 5.92. The van der Waals surface area contributed by atoms with Crippen molar-refractivity contribution in [2.75, 3.05) is 7.05 Å². The summed E-state index contributed by atoms with van der Waals surface area (Å²) in [6.07, 6.45) is 3.53. The van der Waals surface area contributed by atoms with Gasteiger partial charge in [0, 0.05) is 25.6 Å². The summed E-state index contributed by atoms with van der Waals surface area (Å²) < 4.78 is 4.93. The topological polar surface area (TPSA) is 91.7 Å². The highest BCUT2D eigenvalue weighted by Crippen LogP contribution is 2.09. The summed E-state index contributed by atoms with van der Waals surface area (Å²) in [6, 6.07) is 0.460. The van der Waals surface area contributed by atoms with Crippen LogP contribution in [0.3, 0.4) is 0 Å². The molecule has 1 aromatic heterocycles. The Balaban J connectivity index is 1.98. The monoisotopic (exact) mass is 265 g/mol. The van der Waals surface area contributed by atoms with Gasteiger partial charge in [-0.05, 0) is 12.5 Å². The Labute approximate surface area is 109 Å². The summed E-state index contributed by atoms with van der Waals surface area (Å²) >= 11 is 0. The maximum absolute atomic E-state index is 12.2. The zero-order chi connectivity index (χ0) is 13.8. The first kappa shape index (κ1) is 13.1. The average molecular weight is 265 g/mol. The van der Waals surface area contributed by atoms with Crippen molar-refractivity contribution in [3.05, 3.63) is 24.2 Å². The largest absolute Gasteiger partial charge is 0.472 e. The average Bonchev–Trinajstić information content (AvgIpc) is 2.79. The molecule has 0 radical (unpaired) electrons. The smallest absolute Gasteiger partial charge is 0.322 e. The number of nitrogens with zero attached hydrogens (tertiary/aromatic N) is 1. The molecule has 0 aliphatic carbocycles. The van der Waals surface area contributed by atoms with Crippen LogP contribution in [0.4, 0.5) is 4.79 Å². The number of furan rings is 1. The van der Waals surface area contributed by atoms with Crippen molar-refractivity contribution in [3.63, 3.8) is 0 Å². The Morgan fingerprint density at radius 2 is 2.32 bits per heavy atom. The Morgan fingerprint density at radius 3 is 3.00 bits per heavy atom. The van der Waals surface area contributed by atoms with E-state index < -0.39 is 12.1 Å². The molecular formula is C12H15N3O4. The Hall–Kier alpha value is -2.31. The van der Waals surface area contributed by atoms with Crippen molar-refractivity contribution in [1.29, 1.82) is 0 Å². The second-order valence-corrected chi connectivity index (χ2v) is 4.44. The van der Waals surface area contributed by atoms with E-state index in [0.29, 0.717) is 13.0 Å². The molecule has 7 heteroatoms. The fraction of sp³-hybridized carbons (Fsp3) is 0.417. The second-order valence-electron chi connectivity index (χ2n) is 4.44. The predicted octanol–water partition coefficient (Wildman–Crippen LogP) is 0.226. The summed E-state index contributed by atoms with van der Waals surface area (Å²) in [5.41, 5.74) is 0.866. The van der Waals surface area contributed by atoms with E-state index in [4.69, 9.17) is 4.42 Å². The lowest BCUT2D eigenvalue weighted by molar-refractivity contribution is -0.132. The molecule has 102 valence electrons. The maximum Gasteiger partial charge on any atom is 0.322 e. The minimum absolute atomic E-state index is 0.148. The van der Waals surface area contributed by atoms with Crippen LogP contribution in [0.1, 0.15) is 18.4 Å². The zero-order valence-corrected chi connectivity index (χ0v) is 10.5. The van der Waals surface area contributed by atoms with Gasteiger partial charge in [0.25, 0.3) is 0 Å². The number of urea groups is 1. The van der Waals surface area contributed by atoms with Gasteiger partial charge in [0.05, 0.1) is 12.5 Å². The molecule has 1 saturated heterocycles. The highest BCUT2D eigenvalue weighted by atomic mass is 16.3. The lowest BCUT2D eigenvalue weighted by Crippen LogP contribution is -2.48. The molecular weight excluding hydrogens is 250 g/mol. The van der Waals surface area contributed by atoms with Crippen LogP contribution in [-0.4, -0.2) is 35.8 Å². The molecule has 0 bridgehead atoms. The highest BCUT2D eigenvalue weighted by molar-refractivity contribution is 5.98.